The molecule has 0 saturated heterocycles. The molecule has 1 amide bonds. The molecule has 4 nitrogen and oxygen atoms in total. The van der Waals surface area contributed by atoms with Crippen molar-refractivity contribution in [3.63, 3.8) is 0 Å². The van der Waals surface area contributed by atoms with Crippen molar-refractivity contribution in [1.82, 2.24) is 0 Å². The molecule has 0 fully saturated rings. The highest BCUT2D eigenvalue weighted by atomic mass is 16.5. The molecule has 3 rings (SSSR count). The fourth-order valence-corrected chi connectivity index (χ4v) is 3.40. The zero-order valence-electron chi connectivity index (χ0n) is 19.9. The van der Waals surface area contributed by atoms with Crippen LogP contribution in [0.3, 0.4) is 0 Å². The predicted octanol–water partition coefficient (Wildman–Crippen LogP) is 6.95. The minimum atomic E-state index is -0.166. The van der Waals surface area contributed by atoms with E-state index >= 15 is 0 Å². The van der Waals surface area contributed by atoms with Gasteiger partial charge < -0.3 is 14.8 Å². The van der Waals surface area contributed by atoms with Crippen molar-refractivity contribution >= 4 is 11.6 Å². The molecule has 0 heterocycles. The first-order valence-electron chi connectivity index (χ1n) is 11.0. The van der Waals surface area contributed by atoms with Crippen molar-refractivity contribution in [2.24, 2.45) is 0 Å². The van der Waals surface area contributed by atoms with Gasteiger partial charge in [-0.3, -0.25) is 4.79 Å². The van der Waals surface area contributed by atoms with Gasteiger partial charge in [0.15, 0.2) is 0 Å². The van der Waals surface area contributed by atoms with E-state index in [4.69, 9.17) is 9.47 Å². The number of carbonyl (C=O) groups is 1. The normalized spacial score (nSPS) is 11.3. The molecule has 0 bridgehead atoms. The van der Waals surface area contributed by atoms with Crippen LogP contribution in [0.1, 0.15) is 67.6 Å². The Hall–Kier alpha value is -3.27. The highest BCUT2D eigenvalue weighted by Gasteiger charge is 2.14. The Labute approximate surface area is 191 Å². The van der Waals surface area contributed by atoms with Gasteiger partial charge in [-0.15, -0.1) is 0 Å². The van der Waals surface area contributed by atoms with Crippen molar-refractivity contribution in [3.8, 4) is 11.5 Å². The molecular weight excluding hydrogens is 398 g/mol. The maximum Gasteiger partial charge on any atom is 0.255 e. The molecule has 3 aromatic rings. The van der Waals surface area contributed by atoms with Crippen LogP contribution in [0.2, 0.25) is 0 Å². The van der Waals surface area contributed by atoms with Crippen molar-refractivity contribution in [1.29, 1.82) is 0 Å². The van der Waals surface area contributed by atoms with Gasteiger partial charge in [-0.05, 0) is 64.9 Å². The van der Waals surface area contributed by atoms with E-state index in [2.05, 4.69) is 52.1 Å². The lowest BCUT2D eigenvalue weighted by molar-refractivity contribution is 0.102. The molecule has 168 valence electrons. The number of nitrogens with one attached hydrogen (secondary N) is 1. The topological polar surface area (TPSA) is 47.6 Å². The SMILES string of the molecule is COc1ccc(C(=O)Nc2ccc(C(C)C)cc2)cc1COc1ccc(C(C)(C)C)cc1. The molecule has 0 aliphatic rings. The number of carbonyl (C=O) groups excluding carboxylic acids is 1. The second kappa shape index (κ2) is 9.90. The van der Waals surface area contributed by atoms with Crippen LogP contribution in [0.4, 0.5) is 5.69 Å². The predicted molar refractivity (Wildman–Crippen MR) is 131 cm³/mol. The number of ether oxygens (including phenoxy) is 2. The van der Waals surface area contributed by atoms with Crippen molar-refractivity contribution < 1.29 is 14.3 Å². The van der Waals surface area contributed by atoms with E-state index in [9.17, 15) is 4.79 Å². The summed E-state index contributed by atoms with van der Waals surface area (Å²) >= 11 is 0. The van der Waals surface area contributed by atoms with Crippen LogP contribution in [-0.2, 0) is 12.0 Å². The van der Waals surface area contributed by atoms with Gasteiger partial charge >= 0.3 is 0 Å². The van der Waals surface area contributed by atoms with Crippen LogP contribution in [0.15, 0.2) is 66.7 Å². The lowest BCUT2D eigenvalue weighted by Crippen LogP contribution is -2.13. The Morgan fingerprint density at radius 3 is 2.16 bits per heavy atom. The molecule has 0 radical (unpaired) electrons. The molecule has 0 aromatic heterocycles. The minimum Gasteiger partial charge on any atom is -0.496 e. The Morgan fingerprint density at radius 1 is 0.938 bits per heavy atom. The third-order valence-electron chi connectivity index (χ3n) is 5.49. The summed E-state index contributed by atoms with van der Waals surface area (Å²) in [5.41, 5.74) is 4.73. The Bertz CT molecular complexity index is 1050. The van der Waals surface area contributed by atoms with Gasteiger partial charge in [0.2, 0.25) is 0 Å². The van der Waals surface area contributed by atoms with Crippen LogP contribution in [0.5, 0.6) is 11.5 Å². The summed E-state index contributed by atoms with van der Waals surface area (Å²) < 4.78 is 11.5. The Balaban J connectivity index is 1.71. The number of methoxy groups -OCH3 is 1. The van der Waals surface area contributed by atoms with Gasteiger partial charge in [0.25, 0.3) is 5.91 Å². The van der Waals surface area contributed by atoms with E-state index < -0.39 is 0 Å². The standard InChI is InChI=1S/C28H33NO3/c1-19(2)20-7-12-24(13-8-20)29-27(30)21-9-16-26(31-6)22(17-21)18-32-25-14-10-23(11-15-25)28(3,4)5/h7-17,19H,18H2,1-6H3,(H,29,30). The van der Waals surface area contributed by atoms with Crippen molar-refractivity contribution in [2.75, 3.05) is 12.4 Å². The molecule has 0 spiro atoms. The summed E-state index contributed by atoms with van der Waals surface area (Å²) in [4.78, 5) is 12.8. The maximum absolute atomic E-state index is 12.8. The van der Waals surface area contributed by atoms with Crippen molar-refractivity contribution in [3.05, 3.63) is 89.0 Å². The van der Waals surface area contributed by atoms with E-state index in [-0.39, 0.29) is 11.3 Å². The van der Waals surface area contributed by atoms with Gasteiger partial charge in [0.1, 0.15) is 18.1 Å². The highest BCUT2D eigenvalue weighted by Crippen LogP contribution is 2.26. The fraction of sp³-hybridized carbons (Fsp3) is 0.321. The number of hydrogen-bond acceptors (Lipinski definition) is 3. The number of anilines is 1. The number of benzene rings is 3. The molecule has 32 heavy (non-hydrogen) atoms. The Kier molecular flexibility index (Phi) is 7.24. The fourth-order valence-electron chi connectivity index (χ4n) is 3.40. The van der Waals surface area contributed by atoms with Crippen LogP contribution >= 0.6 is 0 Å². The summed E-state index contributed by atoms with van der Waals surface area (Å²) in [6.07, 6.45) is 0. The van der Waals surface area contributed by atoms with Crippen LogP contribution in [0.25, 0.3) is 0 Å². The van der Waals surface area contributed by atoms with Crippen LogP contribution in [-0.4, -0.2) is 13.0 Å². The van der Waals surface area contributed by atoms with E-state index in [1.807, 2.05) is 42.5 Å². The van der Waals surface area contributed by atoms with Gasteiger partial charge in [-0.1, -0.05) is 58.9 Å². The van der Waals surface area contributed by atoms with Gasteiger partial charge in [0.05, 0.1) is 7.11 Å². The average Bonchev–Trinajstić information content (AvgIpc) is 2.77. The second-order valence-corrected chi connectivity index (χ2v) is 9.32. The van der Waals surface area contributed by atoms with E-state index in [0.29, 0.717) is 23.8 Å². The Morgan fingerprint density at radius 2 is 1.59 bits per heavy atom. The monoisotopic (exact) mass is 431 g/mol. The number of amides is 1. The van der Waals surface area contributed by atoms with Gasteiger partial charge in [0, 0.05) is 16.8 Å². The summed E-state index contributed by atoms with van der Waals surface area (Å²) in [7, 11) is 1.62. The van der Waals surface area contributed by atoms with Gasteiger partial charge in [-0.25, -0.2) is 0 Å². The lowest BCUT2D eigenvalue weighted by atomic mass is 9.87. The van der Waals surface area contributed by atoms with E-state index in [0.717, 1.165) is 17.0 Å². The summed E-state index contributed by atoms with van der Waals surface area (Å²) in [5, 5.41) is 2.96. The second-order valence-electron chi connectivity index (χ2n) is 9.32. The quantitative estimate of drug-likeness (QED) is 0.440. The molecule has 1 N–H and O–H groups in total. The summed E-state index contributed by atoms with van der Waals surface area (Å²) in [6.45, 7) is 11.2. The third kappa shape index (κ3) is 5.91. The lowest BCUT2D eigenvalue weighted by Gasteiger charge is -2.19. The smallest absolute Gasteiger partial charge is 0.255 e. The van der Waals surface area contributed by atoms with E-state index in [1.165, 1.54) is 11.1 Å². The van der Waals surface area contributed by atoms with Crippen molar-refractivity contribution in [2.45, 2.75) is 52.6 Å². The first-order chi connectivity index (χ1) is 15.2. The van der Waals surface area contributed by atoms with Gasteiger partial charge in [-0.2, -0.15) is 0 Å². The molecule has 0 aliphatic carbocycles. The molecule has 3 aromatic carbocycles. The average molecular weight is 432 g/mol. The third-order valence-corrected chi connectivity index (χ3v) is 5.49. The zero-order chi connectivity index (χ0) is 23.3. The summed E-state index contributed by atoms with van der Waals surface area (Å²) in [5.74, 6) is 1.75. The molecule has 0 aliphatic heterocycles. The van der Waals surface area contributed by atoms with Crippen LogP contribution < -0.4 is 14.8 Å². The highest BCUT2D eigenvalue weighted by molar-refractivity contribution is 6.04. The zero-order valence-corrected chi connectivity index (χ0v) is 19.9. The molecule has 0 atom stereocenters. The largest absolute Gasteiger partial charge is 0.496 e. The number of rotatable bonds is 7. The minimum absolute atomic E-state index is 0.0958. The van der Waals surface area contributed by atoms with E-state index in [1.54, 1.807) is 19.2 Å². The maximum atomic E-state index is 12.8. The molecule has 0 saturated carbocycles. The number of hydrogen-bond donors (Lipinski definition) is 1. The molecule has 4 heteroatoms. The first kappa shape index (κ1) is 23.4. The summed E-state index contributed by atoms with van der Waals surface area (Å²) in [6, 6.07) is 21.5. The molecular formula is C28H33NO3. The molecule has 0 unspecified atom stereocenters. The van der Waals surface area contributed by atoms with Crippen LogP contribution in [0, 0.1) is 0 Å². The first-order valence-corrected chi connectivity index (χ1v) is 11.0.